The van der Waals surface area contributed by atoms with E-state index in [1.54, 1.807) is 0 Å². The number of nitrogens with two attached hydrogens (primary N) is 1. The number of nitrogen functional groups attached to an aromatic ring is 1. The van der Waals surface area contributed by atoms with Crippen LogP contribution in [0.5, 0.6) is 5.75 Å². The molecule has 1 aliphatic rings. The van der Waals surface area contributed by atoms with Gasteiger partial charge in [0, 0.05) is 16.8 Å². The molecule has 2 atom stereocenters. The zero-order chi connectivity index (χ0) is 15.5. The van der Waals surface area contributed by atoms with Crippen LogP contribution < -0.4 is 21.3 Å². The molecule has 0 aromatic heterocycles. The van der Waals surface area contributed by atoms with Gasteiger partial charge in [-0.1, -0.05) is 23.7 Å². The highest BCUT2D eigenvalue weighted by atomic mass is 35.5. The Morgan fingerprint density at radius 1 is 1.18 bits per heavy atom. The number of benzene rings is 2. The van der Waals surface area contributed by atoms with E-state index in [4.69, 9.17) is 22.1 Å². The van der Waals surface area contributed by atoms with Crippen LogP contribution in [0.25, 0.3) is 0 Å². The monoisotopic (exact) mass is 317 g/mol. The first-order valence-corrected chi connectivity index (χ1v) is 7.75. The zero-order valence-corrected chi connectivity index (χ0v) is 13.2. The molecule has 1 aliphatic heterocycles. The van der Waals surface area contributed by atoms with E-state index in [2.05, 4.69) is 23.0 Å². The van der Waals surface area contributed by atoms with Crippen molar-refractivity contribution in [2.45, 2.75) is 25.4 Å². The van der Waals surface area contributed by atoms with Gasteiger partial charge in [0.15, 0.2) is 0 Å². The van der Waals surface area contributed by atoms with Crippen LogP contribution in [0.3, 0.4) is 0 Å². The van der Waals surface area contributed by atoms with Crippen molar-refractivity contribution < 1.29 is 4.74 Å². The van der Waals surface area contributed by atoms with Gasteiger partial charge >= 0.3 is 0 Å². The minimum atomic E-state index is 0.262. The second-order valence-electron chi connectivity index (χ2n) is 5.66. The largest absolute Gasteiger partial charge is 0.492 e. The summed E-state index contributed by atoms with van der Waals surface area (Å²) < 4.78 is 5.90. The normalized spacial score (nSPS) is 21.0. The van der Waals surface area contributed by atoms with Crippen molar-refractivity contribution in [1.29, 1.82) is 0 Å². The minimum Gasteiger partial charge on any atom is -0.492 e. The van der Waals surface area contributed by atoms with Crippen molar-refractivity contribution in [3.05, 3.63) is 58.6 Å². The van der Waals surface area contributed by atoms with Gasteiger partial charge < -0.3 is 10.5 Å². The summed E-state index contributed by atoms with van der Waals surface area (Å²) in [7, 11) is 0. The quantitative estimate of drug-likeness (QED) is 0.758. The summed E-state index contributed by atoms with van der Waals surface area (Å²) in [6.07, 6.45) is 0.969. The van der Waals surface area contributed by atoms with E-state index in [1.807, 2.05) is 37.3 Å². The Kier molecular flexibility index (Phi) is 4.52. The average Bonchev–Trinajstić information content (AvgIpc) is 2.96. The zero-order valence-electron chi connectivity index (χ0n) is 12.5. The van der Waals surface area contributed by atoms with Gasteiger partial charge in [-0.15, -0.1) is 0 Å². The Balaban J connectivity index is 1.56. The number of hydrogen-bond acceptors (Lipinski definition) is 4. The molecule has 116 valence electrons. The molecule has 2 aromatic rings. The number of hydrazine groups is 1. The highest BCUT2D eigenvalue weighted by Crippen LogP contribution is 2.25. The van der Waals surface area contributed by atoms with Gasteiger partial charge in [0.25, 0.3) is 0 Å². The van der Waals surface area contributed by atoms with E-state index in [0.29, 0.717) is 6.61 Å². The molecule has 4 nitrogen and oxygen atoms in total. The molecular weight excluding hydrogens is 298 g/mol. The fraction of sp³-hybridized carbons (Fsp3) is 0.294. The van der Waals surface area contributed by atoms with Gasteiger partial charge in [-0.05, 0) is 54.8 Å². The predicted octanol–water partition coefficient (Wildman–Crippen LogP) is 3.22. The minimum absolute atomic E-state index is 0.262. The molecule has 3 rings (SSSR count). The summed E-state index contributed by atoms with van der Waals surface area (Å²) in [6.45, 7) is 2.61. The SMILES string of the molecule is Cc1cc(Cl)ccc1OCC1CC(c2ccc(N)cc2)NN1. The molecule has 2 aromatic carbocycles. The van der Waals surface area contributed by atoms with E-state index in [0.717, 1.165) is 28.4 Å². The maximum Gasteiger partial charge on any atom is 0.122 e. The fourth-order valence-electron chi connectivity index (χ4n) is 2.64. The third kappa shape index (κ3) is 3.53. The van der Waals surface area contributed by atoms with Crippen LogP contribution in [0.1, 0.15) is 23.6 Å². The van der Waals surface area contributed by atoms with Crippen LogP contribution in [0, 0.1) is 6.92 Å². The number of anilines is 1. The lowest BCUT2D eigenvalue weighted by Gasteiger charge is -2.13. The van der Waals surface area contributed by atoms with Crippen molar-refractivity contribution >= 4 is 17.3 Å². The molecule has 22 heavy (non-hydrogen) atoms. The van der Waals surface area contributed by atoms with Gasteiger partial charge in [0.1, 0.15) is 12.4 Å². The highest BCUT2D eigenvalue weighted by molar-refractivity contribution is 6.30. The van der Waals surface area contributed by atoms with Gasteiger partial charge in [-0.25, -0.2) is 5.43 Å². The van der Waals surface area contributed by atoms with Crippen LogP contribution >= 0.6 is 11.6 Å². The number of nitrogens with one attached hydrogen (secondary N) is 2. The van der Waals surface area contributed by atoms with Crippen LogP contribution in [0.4, 0.5) is 5.69 Å². The second-order valence-corrected chi connectivity index (χ2v) is 6.10. The number of aryl methyl sites for hydroxylation is 1. The number of halogens is 1. The fourth-order valence-corrected chi connectivity index (χ4v) is 2.87. The maximum absolute atomic E-state index is 5.96. The first-order valence-electron chi connectivity index (χ1n) is 7.37. The Hall–Kier alpha value is -1.75. The van der Waals surface area contributed by atoms with Crippen LogP contribution in [-0.2, 0) is 0 Å². The molecule has 0 radical (unpaired) electrons. The molecule has 0 saturated carbocycles. The Labute approximate surface area is 135 Å². The van der Waals surface area contributed by atoms with E-state index < -0.39 is 0 Å². The summed E-state index contributed by atoms with van der Waals surface area (Å²) in [5, 5.41) is 0.730. The van der Waals surface area contributed by atoms with Crippen molar-refractivity contribution in [1.82, 2.24) is 10.9 Å². The van der Waals surface area contributed by atoms with E-state index >= 15 is 0 Å². The molecule has 1 fully saturated rings. The summed E-state index contributed by atoms with van der Waals surface area (Å²) in [5.41, 5.74) is 15.4. The van der Waals surface area contributed by atoms with Crippen LogP contribution in [0.15, 0.2) is 42.5 Å². The summed E-state index contributed by atoms with van der Waals surface area (Å²) in [6, 6.07) is 14.2. The van der Waals surface area contributed by atoms with Gasteiger partial charge in [0.05, 0.1) is 6.04 Å². The van der Waals surface area contributed by atoms with Crippen molar-refractivity contribution in [2.24, 2.45) is 0 Å². The molecule has 0 amide bonds. The third-order valence-electron chi connectivity index (χ3n) is 3.90. The van der Waals surface area contributed by atoms with Gasteiger partial charge in [0.2, 0.25) is 0 Å². The lowest BCUT2D eigenvalue weighted by Crippen LogP contribution is -2.34. The molecule has 4 N–H and O–H groups in total. The third-order valence-corrected chi connectivity index (χ3v) is 4.13. The highest BCUT2D eigenvalue weighted by Gasteiger charge is 2.25. The van der Waals surface area contributed by atoms with Gasteiger partial charge in [-0.3, -0.25) is 5.43 Å². The van der Waals surface area contributed by atoms with Crippen molar-refractivity contribution in [3.8, 4) is 5.75 Å². The topological polar surface area (TPSA) is 59.3 Å². The van der Waals surface area contributed by atoms with Gasteiger partial charge in [-0.2, -0.15) is 0 Å². The number of ether oxygens (including phenoxy) is 1. The molecule has 2 unspecified atom stereocenters. The van der Waals surface area contributed by atoms with E-state index in [-0.39, 0.29) is 12.1 Å². The number of hydrogen-bond donors (Lipinski definition) is 3. The molecular formula is C17H20ClN3O. The Bertz CT molecular complexity index is 645. The molecule has 0 spiro atoms. The smallest absolute Gasteiger partial charge is 0.122 e. The van der Waals surface area contributed by atoms with E-state index in [9.17, 15) is 0 Å². The molecule has 1 saturated heterocycles. The molecule has 5 heteroatoms. The molecule has 0 aliphatic carbocycles. The van der Waals surface area contributed by atoms with Crippen LogP contribution in [0.2, 0.25) is 5.02 Å². The summed E-state index contributed by atoms with van der Waals surface area (Å²) in [5.74, 6) is 0.877. The first kappa shape index (κ1) is 15.2. The van der Waals surface area contributed by atoms with Crippen LogP contribution in [-0.4, -0.2) is 12.6 Å². The number of rotatable bonds is 4. The molecule has 1 heterocycles. The average molecular weight is 318 g/mol. The summed E-state index contributed by atoms with van der Waals surface area (Å²) in [4.78, 5) is 0. The second kappa shape index (κ2) is 6.57. The predicted molar refractivity (Wildman–Crippen MR) is 90.0 cm³/mol. The standard InChI is InChI=1S/C17H20ClN3O/c1-11-8-13(18)4-7-17(11)22-10-15-9-16(21-20-15)12-2-5-14(19)6-3-12/h2-8,15-16,20-21H,9-10,19H2,1H3. The summed E-state index contributed by atoms with van der Waals surface area (Å²) >= 11 is 5.96. The lowest BCUT2D eigenvalue weighted by atomic mass is 10.0. The Morgan fingerprint density at radius 3 is 2.68 bits per heavy atom. The van der Waals surface area contributed by atoms with Crippen molar-refractivity contribution in [2.75, 3.05) is 12.3 Å². The molecule has 0 bridgehead atoms. The first-order chi connectivity index (χ1) is 10.6. The lowest BCUT2D eigenvalue weighted by molar-refractivity contribution is 0.271. The van der Waals surface area contributed by atoms with Crippen molar-refractivity contribution in [3.63, 3.8) is 0 Å². The van der Waals surface area contributed by atoms with E-state index in [1.165, 1.54) is 5.56 Å². The Morgan fingerprint density at radius 2 is 1.95 bits per heavy atom. The maximum atomic E-state index is 5.96.